The van der Waals surface area contributed by atoms with Crippen molar-refractivity contribution in [3.8, 4) is 6.07 Å². The molecule has 0 spiro atoms. The molecular weight excluding hydrogens is 278 g/mol. The minimum atomic E-state index is -0.131. The van der Waals surface area contributed by atoms with Gasteiger partial charge in [0, 0.05) is 24.0 Å². The second-order valence-corrected chi connectivity index (χ2v) is 5.53. The molecule has 2 aromatic heterocycles. The van der Waals surface area contributed by atoms with Crippen LogP contribution in [-0.4, -0.2) is 31.9 Å². The number of hydrogen-bond donors (Lipinski definition) is 1. The van der Waals surface area contributed by atoms with Crippen molar-refractivity contribution in [1.29, 1.82) is 5.26 Å². The number of aromatic amines is 1. The summed E-state index contributed by atoms with van der Waals surface area (Å²) in [5.74, 6) is 0.203. The predicted molar refractivity (Wildman–Crippen MR) is 82.0 cm³/mol. The largest absolute Gasteiger partial charge is 0.337 e. The van der Waals surface area contributed by atoms with E-state index in [4.69, 9.17) is 5.26 Å². The van der Waals surface area contributed by atoms with Gasteiger partial charge in [-0.1, -0.05) is 6.58 Å². The molecule has 6 nitrogen and oxygen atoms in total. The van der Waals surface area contributed by atoms with Crippen molar-refractivity contribution in [1.82, 2.24) is 19.4 Å². The van der Waals surface area contributed by atoms with E-state index in [0.717, 1.165) is 11.4 Å². The van der Waals surface area contributed by atoms with Gasteiger partial charge >= 0.3 is 0 Å². The lowest BCUT2D eigenvalue weighted by Gasteiger charge is -2.33. The molecule has 1 amide bonds. The first-order valence-corrected chi connectivity index (χ1v) is 7.13. The molecule has 1 aliphatic heterocycles. The summed E-state index contributed by atoms with van der Waals surface area (Å²) in [6.07, 6.45) is 1.63. The van der Waals surface area contributed by atoms with E-state index in [1.54, 1.807) is 17.0 Å². The van der Waals surface area contributed by atoms with Crippen LogP contribution in [0.3, 0.4) is 0 Å². The molecule has 3 rings (SSSR count). The molecule has 0 aliphatic carbocycles. The van der Waals surface area contributed by atoms with Gasteiger partial charge < -0.3 is 14.5 Å². The lowest BCUT2D eigenvalue weighted by molar-refractivity contribution is 0.0673. The molecule has 2 aromatic rings. The van der Waals surface area contributed by atoms with E-state index in [-0.39, 0.29) is 11.9 Å². The molecule has 0 saturated carbocycles. The number of aryl methyl sites for hydroxylation is 1. The van der Waals surface area contributed by atoms with Crippen LogP contribution >= 0.6 is 0 Å². The van der Waals surface area contributed by atoms with Crippen LogP contribution in [0.1, 0.15) is 46.4 Å². The SMILES string of the molecule is C=Cc1nc(C(=O)N2Cc3ccc(C#N)n3C(C)C2)[nH]c1C. The summed E-state index contributed by atoms with van der Waals surface area (Å²) in [7, 11) is 0. The smallest absolute Gasteiger partial charge is 0.290 e. The number of hydrogen-bond acceptors (Lipinski definition) is 3. The van der Waals surface area contributed by atoms with Crippen molar-refractivity contribution in [3.63, 3.8) is 0 Å². The molecule has 1 N–H and O–H groups in total. The van der Waals surface area contributed by atoms with Gasteiger partial charge in [0.15, 0.2) is 5.82 Å². The molecular formula is C16H17N5O. The molecule has 0 saturated heterocycles. The Morgan fingerprint density at radius 2 is 2.36 bits per heavy atom. The van der Waals surface area contributed by atoms with Crippen LogP contribution in [0.4, 0.5) is 0 Å². The fourth-order valence-electron chi connectivity index (χ4n) is 2.97. The maximum atomic E-state index is 12.6. The zero-order valence-corrected chi connectivity index (χ0v) is 12.6. The van der Waals surface area contributed by atoms with Crippen molar-refractivity contribution in [2.24, 2.45) is 0 Å². The lowest BCUT2D eigenvalue weighted by atomic mass is 10.2. The van der Waals surface area contributed by atoms with Crippen molar-refractivity contribution in [2.75, 3.05) is 6.54 Å². The number of imidazole rings is 1. The van der Waals surface area contributed by atoms with E-state index in [2.05, 4.69) is 22.6 Å². The number of carbonyl (C=O) groups excluding carboxylic acids is 1. The van der Waals surface area contributed by atoms with Gasteiger partial charge in [0.25, 0.3) is 5.91 Å². The first kappa shape index (κ1) is 14.1. The number of aromatic nitrogens is 3. The number of fused-ring (bicyclic) bond motifs is 1. The maximum absolute atomic E-state index is 12.6. The average molecular weight is 295 g/mol. The zero-order valence-electron chi connectivity index (χ0n) is 12.6. The highest BCUT2D eigenvalue weighted by Crippen LogP contribution is 2.25. The molecule has 0 bridgehead atoms. The second-order valence-electron chi connectivity index (χ2n) is 5.53. The Morgan fingerprint density at radius 3 is 3.00 bits per heavy atom. The van der Waals surface area contributed by atoms with Crippen molar-refractivity contribution >= 4 is 12.0 Å². The van der Waals surface area contributed by atoms with Gasteiger partial charge in [-0.3, -0.25) is 4.79 Å². The average Bonchev–Trinajstić information content (AvgIpc) is 3.09. The molecule has 0 aromatic carbocycles. The zero-order chi connectivity index (χ0) is 15.9. The predicted octanol–water partition coefficient (Wildman–Crippen LogP) is 2.25. The van der Waals surface area contributed by atoms with Crippen LogP contribution in [0.5, 0.6) is 0 Å². The molecule has 1 atom stereocenters. The summed E-state index contributed by atoms with van der Waals surface area (Å²) in [5, 5.41) is 9.14. The Morgan fingerprint density at radius 1 is 1.59 bits per heavy atom. The minimum absolute atomic E-state index is 0.0623. The Labute approximate surface area is 128 Å². The van der Waals surface area contributed by atoms with Gasteiger partial charge in [-0.15, -0.1) is 0 Å². The summed E-state index contributed by atoms with van der Waals surface area (Å²) >= 11 is 0. The van der Waals surface area contributed by atoms with E-state index in [1.165, 1.54) is 0 Å². The third-order valence-corrected chi connectivity index (χ3v) is 4.00. The number of H-pyrrole nitrogens is 1. The number of amides is 1. The quantitative estimate of drug-likeness (QED) is 0.923. The Bertz CT molecular complexity index is 792. The minimum Gasteiger partial charge on any atom is -0.337 e. The summed E-state index contributed by atoms with van der Waals surface area (Å²) < 4.78 is 1.99. The van der Waals surface area contributed by atoms with Crippen LogP contribution in [0.15, 0.2) is 18.7 Å². The van der Waals surface area contributed by atoms with Crippen molar-refractivity contribution in [2.45, 2.75) is 26.4 Å². The van der Waals surface area contributed by atoms with Crippen LogP contribution < -0.4 is 0 Å². The van der Waals surface area contributed by atoms with Crippen molar-refractivity contribution < 1.29 is 4.79 Å². The summed E-state index contributed by atoms with van der Waals surface area (Å²) in [6, 6.07) is 5.95. The summed E-state index contributed by atoms with van der Waals surface area (Å²) in [6.45, 7) is 8.59. The van der Waals surface area contributed by atoms with Gasteiger partial charge in [-0.25, -0.2) is 4.98 Å². The van der Waals surface area contributed by atoms with Crippen LogP contribution in [0.25, 0.3) is 6.08 Å². The van der Waals surface area contributed by atoms with Crippen LogP contribution in [-0.2, 0) is 6.54 Å². The van der Waals surface area contributed by atoms with Gasteiger partial charge in [-0.05, 0) is 32.1 Å². The number of nitrogens with one attached hydrogen (secondary N) is 1. The topological polar surface area (TPSA) is 77.7 Å². The Balaban J connectivity index is 1.89. The molecule has 3 heterocycles. The number of nitriles is 1. The molecule has 1 aliphatic rings. The Hall–Kier alpha value is -2.81. The molecule has 0 radical (unpaired) electrons. The molecule has 22 heavy (non-hydrogen) atoms. The first-order chi connectivity index (χ1) is 10.5. The van der Waals surface area contributed by atoms with Gasteiger partial charge in [0.05, 0.1) is 12.2 Å². The van der Waals surface area contributed by atoms with E-state index >= 15 is 0 Å². The van der Waals surface area contributed by atoms with E-state index in [9.17, 15) is 4.79 Å². The lowest BCUT2D eigenvalue weighted by Crippen LogP contribution is -2.40. The molecule has 1 unspecified atom stereocenters. The van der Waals surface area contributed by atoms with E-state index in [0.29, 0.717) is 30.3 Å². The summed E-state index contributed by atoms with van der Waals surface area (Å²) in [5.41, 5.74) is 3.13. The Kier molecular flexibility index (Phi) is 3.33. The fourth-order valence-corrected chi connectivity index (χ4v) is 2.97. The number of carbonyl (C=O) groups is 1. The van der Waals surface area contributed by atoms with E-state index < -0.39 is 0 Å². The van der Waals surface area contributed by atoms with Crippen LogP contribution in [0.2, 0.25) is 0 Å². The fraction of sp³-hybridized carbons (Fsp3) is 0.312. The first-order valence-electron chi connectivity index (χ1n) is 7.13. The third-order valence-electron chi connectivity index (χ3n) is 4.00. The monoisotopic (exact) mass is 295 g/mol. The van der Waals surface area contributed by atoms with E-state index in [1.807, 2.05) is 24.5 Å². The van der Waals surface area contributed by atoms with Crippen molar-refractivity contribution in [3.05, 3.63) is 47.3 Å². The van der Waals surface area contributed by atoms with Gasteiger partial charge in [-0.2, -0.15) is 5.26 Å². The normalized spacial score (nSPS) is 17.0. The summed E-state index contributed by atoms with van der Waals surface area (Å²) in [4.78, 5) is 21.7. The maximum Gasteiger partial charge on any atom is 0.290 e. The number of nitrogens with zero attached hydrogens (tertiary/aromatic N) is 4. The van der Waals surface area contributed by atoms with Gasteiger partial charge in [0.1, 0.15) is 11.8 Å². The second kappa shape index (κ2) is 5.19. The number of rotatable bonds is 2. The molecule has 6 heteroatoms. The van der Waals surface area contributed by atoms with Crippen LogP contribution in [0, 0.1) is 18.3 Å². The molecule has 112 valence electrons. The highest BCUT2D eigenvalue weighted by Gasteiger charge is 2.29. The highest BCUT2D eigenvalue weighted by atomic mass is 16.2. The third kappa shape index (κ3) is 2.11. The molecule has 0 fully saturated rings. The highest BCUT2D eigenvalue weighted by molar-refractivity contribution is 5.91. The van der Waals surface area contributed by atoms with Gasteiger partial charge in [0.2, 0.25) is 0 Å². The standard InChI is InChI=1S/C16H17N5O/c1-4-14-11(3)18-15(19-14)16(22)20-8-10(2)21-12(7-17)5-6-13(21)9-20/h4-6,10H,1,8-9H2,2-3H3,(H,18,19).